The Balaban J connectivity index is 2.71. The number of fused-ring (bicyclic) bond motifs is 1. The first-order valence-corrected chi connectivity index (χ1v) is 4.88. The van der Waals surface area contributed by atoms with Crippen LogP contribution in [0.5, 0.6) is 0 Å². The molecule has 1 aromatic heterocycles. The molecule has 4 nitrogen and oxygen atoms in total. The summed E-state index contributed by atoms with van der Waals surface area (Å²) in [6.45, 7) is 3.72. The van der Waals surface area contributed by atoms with Crippen molar-refractivity contribution in [3.05, 3.63) is 33.2 Å². The minimum Gasteiger partial charge on any atom is -0.460 e. The number of hydrogen-bond acceptors (Lipinski definition) is 3. The van der Waals surface area contributed by atoms with E-state index in [0.29, 0.717) is 5.56 Å². The van der Waals surface area contributed by atoms with E-state index in [9.17, 15) is 9.59 Å². The van der Waals surface area contributed by atoms with E-state index in [1.165, 1.54) is 0 Å². The van der Waals surface area contributed by atoms with E-state index < -0.39 is 0 Å². The summed E-state index contributed by atoms with van der Waals surface area (Å²) in [6, 6.07) is 1.89. The number of esters is 1. The quantitative estimate of drug-likeness (QED) is 0.593. The Bertz CT molecular complexity index is 487. The van der Waals surface area contributed by atoms with Crippen molar-refractivity contribution in [2.75, 3.05) is 0 Å². The van der Waals surface area contributed by atoms with Crippen molar-refractivity contribution in [1.82, 2.24) is 4.57 Å². The topological polar surface area (TPSA) is 48.3 Å². The molecule has 0 fully saturated rings. The third kappa shape index (κ3) is 1.37. The molecule has 0 aromatic carbocycles. The maximum atomic E-state index is 11.9. The van der Waals surface area contributed by atoms with E-state index in [2.05, 4.69) is 0 Å². The molecule has 0 amide bonds. The van der Waals surface area contributed by atoms with E-state index in [-0.39, 0.29) is 24.1 Å². The summed E-state index contributed by atoms with van der Waals surface area (Å²) >= 11 is 0. The van der Waals surface area contributed by atoms with Gasteiger partial charge in [0.25, 0.3) is 5.56 Å². The molecule has 1 aliphatic rings. The first-order chi connectivity index (χ1) is 7.02. The standard InChI is InChI=1S/C11H13NO3/c1-6-4-8-7(2)11(14)15-5-9(8)10(13)12(6)3/h4,7H,5H2,1-3H3/t7-/m0/s1. The van der Waals surface area contributed by atoms with Crippen molar-refractivity contribution in [2.24, 2.45) is 7.05 Å². The van der Waals surface area contributed by atoms with Crippen molar-refractivity contribution < 1.29 is 9.53 Å². The van der Waals surface area contributed by atoms with Gasteiger partial charge >= 0.3 is 5.97 Å². The Morgan fingerprint density at radius 3 is 2.80 bits per heavy atom. The summed E-state index contributed by atoms with van der Waals surface area (Å²) < 4.78 is 6.51. The largest absolute Gasteiger partial charge is 0.460 e. The third-order valence-corrected chi connectivity index (χ3v) is 2.98. The SMILES string of the molecule is Cc1cc2c(c(=O)n1C)COC(=O)[C@H]2C. The summed E-state index contributed by atoms with van der Waals surface area (Å²) in [6.07, 6.45) is 0. The zero-order valence-electron chi connectivity index (χ0n) is 9.03. The molecule has 1 atom stereocenters. The van der Waals surface area contributed by atoms with E-state index in [4.69, 9.17) is 4.74 Å². The molecule has 0 unspecified atom stereocenters. The summed E-state index contributed by atoms with van der Waals surface area (Å²) in [7, 11) is 1.72. The van der Waals surface area contributed by atoms with Gasteiger partial charge in [0.2, 0.25) is 0 Å². The number of aromatic nitrogens is 1. The predicted octanol–water partition coefficient (Wildman–Crippen LogP) is 0.854. The average Bonchev–Trinajstić information content (AvgIpc) is 2.21. The zero-order chi connectivity index (χ0) is 11.2. The van der Waals surface area contributed by atoms with Crippen molar-refractivity contribution in [3.63, 3.8) is 0 Å². The van der Waals surface area contributed by atoms with Gasteiger partial charge in [0.15, 0.2) is 0 Å². The monoisotopic (exact) mass is 207 g/mol. The van der Waals surface area contributed by atoms with Crippen molar-refractivity contribution in [2.45, 2.75) is 26.4 Å². The number of hydrogen-bond donors (Lipinski definition) is 0. The van der Waals surface area contributed by atoms with Crippen molar-refractivity contribution in [1.29, 1.82) is 0 Å². The fourth-order valence-electron chi connectivity index (χ4n) is 1.82. The lowest BCUT2D eigenvalue weighted by Crippen LogP contribution is -2.31. The highest BCUT2D eigenvalue weighted by atomic mass is 16.5. The molecular weight excluding hydrogens is 194 g/mol. The molecule has 0 N–H and O–H groups in total. The second-order valence-electron chi connectivity index (χ2n) is 3.91. The average molecular weight is 207 g/mol. The lowest BCUT2D eigenvalue weighted by molar-refractivity contribution is -0.147. The summed E-state index contributed by atoms with van der Waals surface area (Å²) in [5, 5.41) is 0. The normalized spacial score (nSPS) is 19.7. The highest BCUT2D eigenvalue weighted by molar-refractivity contribution is 5.79. The fraction of sp³-hybridized carbons (Fsp3) is 0.455. The van der Waals surface area contributed by atoms with E-state index in [0.717, 1.165) is 11.3 Å². The molecule has 0 saturated carbocycles. The molecule has 1 aromatic rings. The molecule has 0 aliphatic carbocycles. The maximum Gasteiger partial charge on any atom is 0.313 e. The first-order valence-electron chi connectivity index (χ1n) is 4.88. The van der Waals surface area contributed by atoms with Crippen molar-refractivity contribution >= 4 is 5.97 Å². The number of cyclic esters (lactones) is 1. The van der Waals surface area contributed by atoms with Crippen LogP contribution in [-0.4, -0.2) is 10.5 Å². The van der Waals surface area contributed by atoms with E-state index >= 15 is 0 Å². The van der Waals surface area contributed by atoms with Gasteiger partial charge < -0.3 is 9.30 Å². The number of nitrogens with zero attached hydrogens (tertiary/aromatic N) is 1. The van der Waals surface area contributed by atoms with Gasteiger partial charge in [-0.05, 0) is 25.5 Å². The molecule has 0 radical (unpaired) electrons. The van der Waals surface area contributed by atoms with Crippen LogP contribution < -0.4 is 5.56 Å². The second-order valence-corrected chi connectivity index (χ2v) is 3.91. The van der Waals surface area contributed by atoms with Crippen LogP contribution in [0.3, 0.4) is 0 Å². The van der Waals surface area contributed by atoms with E-state index in [1.54, 1.807) is 18.5 Å². The molecule has 0 saturated heterocycles. The number of pyridine rings is 1. The van der Waals surface area contributed by atoms with Gasteiger partial charge in [0, 0.05) is 12.7 Å². The summed E-state index contributed by atoms with van der Waals surface area (Å²) in [5.41, 5.74) is 2.21. The fourth-order valence-corrected chi connectivity index (χ4v) is 1.82. The van der Waals surface area contributed by atoms with Gasteiger partial charge in [-0.25, -0.2) is 0 Å². The third-order valence-electron chi connectivity index (χ3n) is 2.98. The molecular formula is C11H13NO3. The summed E-state index contributed by atoms with van der Waals surface area (Å²) in [4.78, 5) is 23.2. The van der Waals surface area contributed by atoms with Crippen LogP contribution in [0.2, 0.25) is 0 Å². The molecule has 0 bridgehead atoms. The molecule has 1 aliphatic heterocycles. The zero-order valence-corrected chi connectivity index (χ0v) is 9.03. The highest BCUT2D eigenvalue weighted by Crippen LogP contribution is 2.25. The number of ether oxygens (including phenoxy) is 1. The van der Waals surface area contributed by atoms with Crippen LogP contribution in [0.15, 0.2) is 10.9 Å². The maximum absolute atomic E-state index is 11.9. The van der Waals surface area contributed by atoms with Gasteiger partial charge in [0.05, 0.1) is 11.5 Å². The van der Waals surface area contributed by atoms with Crippen molar-refractivity contribution in [3.8, 4) is 0 Å². The van der Waals surface area contributed by atoms with Crippen LogP contribution in [0.25, 0.3) is 0 Å². The van der Waals surface area contributed by atoms with Crippen LogP contribution in [0.4, 0.5) is 0 Å². The smallest absolute Gasteiger partial charge is 0.313 e. The Hall–Kier alpha value is -1.58. The van der Waals surface area contributed by atoms with Crippen LogP contribution in [0, 0.1) is 6.92 Å². The van der Waals surface area contributed by atoms with Crippen LogP contribution >= 0.6 is 0 Å². The first kappa shape index (κ1) is 9.96. The predicted molar refractivity (Wildman–Crippen MR) is 54.6 cm³/mol. The Labute approximate surface area is 87.5 Å². The lowest BCUT2D eigenvalue weighted by Gasteiger charge is -2.22. The van der Waals surface area contributed by atoms with Gasteiger partial charge in [-0.15, -0.1) is 0 Å². The molecule has 2 heterocycles. The lowest BCUT2D eigenvalue weighted by atomic mass is 9.94. The summed E-state index contributed by atoms with van der Waals surface area (Å²) in [5.74, 6) is -0.587. The van der Waals surface area contributed by atoms with Gasteiger partial charge in [-0.2, -0.15) is 0 Å². The Morgan fingerprint density at radius 2 is 2.13 bits per heavy atom. The van der Waals surface area contributed by atoms with Gasteiger partial charge in [-0.1, -0.05) is 0 Å². The van der Waals surface area contributed by atoms with Crippen LogP contribution in [0.1, 0.15) is 29.7 Å². The Kier molecular flexibility index (Phi) is 2.14. The minimum atomic E-state index is -0.332. The van der Waals surface area contributed by atoms with Gasteiger partial charge in [0.1, 0.15) is 6.61 Å². The van der Waals surface area contributed by atoms with Gasteiger partial charge in [-0.3, -0.25) is 9.59 Å². The molecule has 15 heavy (non-hydrogen) atoms. The molecule has 4 heteroatoms. The number of rotatable bonds is 0. The molecule has 0 spiro atoms. The minimum absolute atomic E-state index is 0.0654. The second kappa shape index (κ2) is 3.22. The van der Waals surface area contributed by atoms with E-state index in [1.807, 2.05) is 13.0 Å². The number of carbonyl (C=O) groups is 1. The Morgan fingerprint density at radius 1 is 1.47 bits per heavy atom. The number of carbonyl (C=O) groups excluding carboxylic acids is 1. The van der Waals surface area contributed by atoms with Crippen LogP contribution in [-0.2, 0) is 23.2 Å². The highest BCUT2D eigenvalue weighted by Gasteiger charge is 2.28. The molecule has 80 valence electrons. The molecule has 2 rings (SSSR count). The number of aryl methyl sites for hydroxylation is 1.